The number of aryl methyl sites for hydroxylation is 1. The van der Waals surface area contributed by atoms with Crippen LogP contribution in [0.4, 0.5) is 9.59 Å². The number of carbonyl (C=O) groups is 2. The van der Waals surface area contributed by atoms with Crippen molar-refractivity contribution in [3.05, 3.63) is 66.5 Å². The van der Waals surface area contributed by atoms with Crippen LogP contribution in [-0.2, 0) is 13.9 Å². The Bertz CT molecular complexity index is 1780. The van der Waals surface area contributed by atoms with Gasteiger partial charge in [-0.15, -0.1) is 0 Å². The highest BCUT2D eigenvalue weighted by Crippen LogP contribution is 2.37. The molecule has 49 heavy (non-hydrogen) atoms. The lowest BCUT2D eigenvalue weighted by atomic mass is 9.98. The van der Waals surface area contributed by atoms with Crippen molar-refractivity contribution in [1.29, 1.82) is 0 Å². The van der Waals surface area contributed by atoms with Crippen molar-refractivity contribution in [2.75, 3.05) is 13.2 Å². The van der Waals surface area contributed by atoms with Crippen molar-refractivity contribution in [3.8, 4) is 28.1 Å². The van der Waals surface area contributed by atoms with Gasteiger partial charge in [0.25, 0.3) is 0 Å². The molecule has 0 radical (unpaired) electrons. The van der Waals surface area contributed by atoms with Crippen molar-refractivity contribution < 1.29 is 28.2 Å². The third-order valence-electron chi connectivity index (χ3n) is 8.28. The van der Waals surface area contributed by atoms with E-state index in [1.807, 2.05) is 103 Å². The second kappa shape index (κ2) is 14.3. The standard InChI is InChI=1S/C38H52N4O6Si/c1-25-30-20-27(18-19-32(30)42(41-25)35(44)48-37(5,6)7)31-21-29(22-39-33(31)26-16-14-13-15-17-26)45-23-28(40-34(43)47-36(2,3)4)24-46-49(11,12)38(8,9)10/h13-22,28H,23-24H2,1-12H3,(H,40,43)/t28-/m0/s1. The van der Waals surface area contributed by atoms with Crippen LogP contribution in [0, 0.1) is 6.92 Å². The van der Waals surface area contributed by atoms with Gasteiger partial charge in [-0.3, -0.25) is 4.98 Å². The minimum absolute atomic E-state index is 0.000721. The third kappa shape index (κ3) is 9.92. The molecule has 10 nitrogen and oxygen atoms in total. The van der Waals surface area contributed by atoms with Gasteiger partial charge in [0.15, 0.2) is 8.32 Å². The van der Waals surface area contributed by atoms with E-state index < -0.39 is 37.7 Å². The summed E-state index contributed by atoms with van der Waals surface area (Å²) in [6.45, 7) is 24.1. The smallest absolute Gasteiger partial charge is 0.435 e. The zero-order valence-corrected chi connectivity index (χ0v) is 32.1. The van der Waals surface area contributed by atoms with Gasteiger partial charge in [-0.05, 0) is 90.4 Å². The second-order valence-electron chi connectivity index (χ2n) is 15.9. The van der Waals surface area contributed by atoms with Crippen molar-refractivity contribution in [2.45, 2.75) is 105 Å². The third-order valence-corrected chi connectivity index (χ3v) is 12.8. The molecule has 0 saturated heterocycles. The number of benzene rings is 2. The first kappa shape index (κ1) is 37.6. The molecule has 0 aliphatic carbocycles. The van der Waals surface area contributed by atoms with Crippen molar-refractivity contribution in [1.82, 2.24) is 20.1 Å². The SMILES string of the molecule is Cc1nn(C(=O)OC(C)(C)C)c2ccc(-c3cc(OC[C@@H](CO[Si](C)(C)C(C)(C)C)NC(=O)OC(C)(C)C)cnc3-c3ccccc3)cc12. The monoisotopic (exact) mass is 688 g/mol. The lowest BCUT2D eigenvalue weighted by Crippen LogP contribution is -2.49. The van der Waals surface area contributed by atoms with Crippen LogP contribution < -0.4 is 10.1 Å². The Kier molecular flexibility index (Phi) is 11.0. The fourth-order valence-electron chi connectivity index (χ4n) is 4.78. The van der Waals surface area contributed by atoms with E-state index in [1.54, 1.807) is 6.20 Å². The lowest BCUT2D eigenvalue weighted by Gasteiger charge is -2.37. The van der Waals surface area contributed by atoms with Crippen LogP contribution >= 0.6 is 0 Å². The Labute approximate surface area is 291 Å². The maximum atomic E-state index is 12.9. The summed E-state index contributed by atoms with van der Waals surface area (Å²) in [4.78, 5) is 30.6. The lowest BCUT2D eigenvalue weighted by molar-refractivity contribution is 0.0460. The molecule has 264 valence electrons. The van der Waals surface area contributed by atoms with Crippen LogP contribution in [0.25, 0.3) is 33.3 Å². The summed E-state index contributed by atoms with van der Waals surface area (Å²) in [5, 5.41) is 8.26. The molecule has 2 aromatic carbocycles. The van der Waals surface area contributed by atoms with E-state index in [-0.39, 0.29) is 18.3 Å². The number of rotatable bonds is 9. The van der Waals surface area contributed by atoms with Crippen LogP contribution in [-0.4, -0.2) is 65.7 Å². The molecule has 4 rings (SSSR count). The van der Waals surface area contributed by atoms with Crippen molar-refractivity contribution in [2.24, 2.45) is 0 Å². The summed E-state index contributed by atoms with van der Waals surface area (Å²) < 4.78 is 25.2. The number of aromatic nitrogens is 3. The molecule has 0 saturated carbocycles. The molecule has 0 aliphatic heterocycles. The van der Waals surface area contributed by atoms with E-state index in [9.17, 15) is 9.59 Å². The molecule has 0 bridgehead atoms. The molecule has 1 atom stereocenters. The largest absolute Gasteiger partial charge is 0.490 e. The van der Waals surface area contributed by atoms with E-state index in [4.69, 9.17) is 23.6 Å². The molecular weight excluding hydrogens is 637 g/mol. The number of nitrogens with zero attached hydrogens (tertiary/aromatic N) is 3. The number of alkyl carbamates (subject to hydrolysis) is 1. The van der Waals surface area contributed by atoms with Gasteiger partial charge < -0.3 is 24.0 Å². The summed E-state index contributed by atoms with van der Waals surface area (Å²) >= 11 is 0. The minimum atomic E-state index is -2.11. The van der Waals surface area contributed by atoms with Crippen LogP contribution in [0.2, 0.25) is 18.1 Å². The maximum absolute atomic E-state index is 12.9. The minimum Gasteiger partial charge on any atom is -0.490 e. The fraction of sp³-hybridized carbons (Fsp3) is 0.474. The molecule has 0 unspecified atom stereocenters. The van der Waals surface area contributed by atoms with Gasteiger partial charge in [0.2, 0.25) is 0 Å². The van der Waals surface area contributed by atoms with Gasteiger partial charge in [0, 0.05) is 16.5 Å². The van der Waals surface area contributed by atoms with E-state index in [0.29, 0.717) is 17.0 Å². The Morgan fingerprint density at radius 3 is 2.12 bits per heavy atom. The molecule has 0 spiro atoms. The molecule has 0 aliphatic rings. The Morgan fingerprint density at radius 2 is 1.51 bits per heavy atom. The fourth-order valence-corrected chi connectivity index (χ4v) is 5.83. The van der Waals surface area contributed by atoms with Crippen LogP contribution in [0.15, 0.2) is 60.8 Å². The van der Waals surface area contributed by atoms with E-state index >= 15 is 0 Å². The second-order valence-corrected chi connectivity index (χ2v) is 20.7. The predicted molar refractivity (Wildman–Crippen MR) is 197 cm³/mol. The van der Waals surface area contributed by atoms with Gasteiger partial charge in [0.05, 0.1) is 35.8 Å². The van der Waals surface area contributed by atoms with Crippen LogP contribution in [0.3, 0.4) is 0 Å². The van der Waals surface area contributed by atoms with Gasteiger partial charge in [0.1, 0.15) is 23.6 Å². The van der Waals surface area contributed by atoms with Gasteiger partial charge in [-0.2, -0.15) is 9.78 Å². The highest BCUT2D eigenvalue weighted by atomic mass is 28.4. The number of fused-ring (bicyclic) bond motifs is 1. The highest BCUT2D eigenvalue weighted by Gasteiger charge is 2.38. The van der Waals surface area contributed by atoms with Crippen LogP contribution in [0.5, 0.6) is 5.75 Å². The quantitative estimate of drug-likeness (QED) is 0.173. The Balaban J connectivity index is 1.68. The number of amides is 1. The zero-order chi connectivity index (χ0) is 36.4. The summed E-state index contributed by atoms with van der Waals surface area (Å²) in [6.07, 6.45) is 0.622. The number of nitrogens with one attached hydrogen (secondary N) is 1. The summed E-state index contributed by atoms with van der Waals surface area (Å²) in [7, 11) is -2.11. The van der Waals surface area contributed by atoms with Crippen molar-refractivity contribution in [3.63, 3.8) is 0 Å². The maximum Gasteiger partial charge on any atom is 0.435 e. The summed E-state index contributed by atoms with van der Waals surface area (Å²) in [6, 6.07) is 17.2. The summed E-state index contributed by atoms with van der Waals surface area (Å²) in [5.41, 5.74) is 3.47. The first-order valence-electron chi connectivity index (χ1n) is 16.7. The van der Waals surface area contributed by atoms with E-state index in [0.717, 1.165) is 27.8 Å². The molecule has 0 fully saturated rings. The number of hydrogen-bond donors (Lipinski definition) is 1. The van der Waals surface area contributed by atoms with Gasteiger partial charge in [-0.25, -0.2) is 9.59 Å². The Hall–Kier alpha value is -4.22. The zero-order valence-electron chi connectivity index (χ0n) is 31.1. The molecule has 4 aromatic rings. The number of ether oxygens (including phenoxy) is 3. The average Bonchev–Trinajstić information content (AvgIpc) is 3.32. The number of carbonyl (C=O) groups excluding carboxylic acids is 2. The van der Waals surface area contributed by atoms with E-state index in [1.165, 1.54) is 4.68 Å². The molecule has 1 amide bonds. The molecule has 2 heterocycles. The molecular formula is C38H52N4O6Si. The molecule has 1 N–H and O–H groups in total. The van der Waals surface area contributed by atoms with Crippen molar-refractivity contribution >= 4 is 31.4 Å². The van der Waals surface area contributed by atoms with Gasteiger partial charge >= 0.3 is 12.2 Å². The first-order valence-corrected chi connectivity index (χ1v) is 19.6. The first-order chi connectivity index (χ1) is 22.6. The average molecular weight is 689 g/mol. The summed E-state index contributed by atoms with van der Waals surface area (Å²) in [5.74, 6) is 0.527. The number of pyridine rings is 1. The highest BCUT2D eigenvalue weighted by molar-refractivity contribution is 6.74. The predicted octanol–water partition coefficient (Wildman–Crippen LogP) is 9.15. The Morgan fingerprint density at radius 1 is 0.857 bits per heavy atom. The van der Waals surface area contributed by atoms with Crippen LogP contribution in [0.1, 0.15) is 68.0 Å². The van der Waals surface area contributed by atoms with Gasteiger partial charge in [-0.1, -0.05) is 57.2 Å². The van der Waals surface area contributed by atoms with E-state index in [2.05, 4.69) is 44.3 Å². The normalized spacial score (nSPS) is 13.2. The molecule has 2 aromatic heterocycles. The molecule has 11 heteroatoms. The number of hydrogen-bond acceptors (Lipinski definition) is 8. The topological polar surface area (TPSA) is 114 Å².